The Bertz CT molecular complexity index is 1150. The number of aliphatic hydroxyl groups is 4. The number of rotatable bonds is 1. The van der Waals surface area contributed by atoms with Crippen molar-refractivity contribution in [3.8, 4) is 5.75 Å². The molecule has 0 radical (unpaired) electrons. The number of phenols is 1. The van der Waals surface area contributed by atoms with Crippen molar-refractivity contribution in [3.05, 3.63) is 52.5 Å². The van der Waals surface area contributed by atoms with Gasteiger partial charge in [0, 0.05) is 18.3 Å². The van der Waals surface area contributed by atoms with Crippen LogP contribution in [0.15, 0.2) is 41.4 Å². The van der Waals surface area contributed by atoms with Crippen molar-refractivity contribution in [3.63, 3.8) is 0 Å². The molecule has 0 bridgehead atoms. The van der Waals surface area contributed by atoms with E-state index in [0.29, 0.717) is 0 Å². The number of fused-ring (bicyclic) bond motifs is 3. The molecule has 0 saturated heterocycles. The number of Topliss-reactive ketones (excluding diaryl/α,β-unsaturated/α-hetero) is 2. The summed E-state index contributed by atoms with van der Waals surface area (Å²) in [6.07, 6.45) is -2.21. The fraction of sp³-hybridized carbons (Fsp3) is 0.250. The average Bonchev–Trinajstić information content (AvgIpc) is 2.67. The summed E-state index contributed by atoms with van der Waals surface area (Å²) < 4.78 is 0. The van der Waals surface area contributed by atoms with E-state index in [4.69, 9.17) is 11.5 Å². The van der Waals surface area contributed by atoms with Crippen LogP contribution < -0.4 is 11.5 Å². The molecule has 0 aliphatic heterocycles. The Balaban J connectivity index is 2.02. The number of allylic oxidation sites excluding steroid dienone is 1. The molecule has 3 aliphatic carbocycles. The van der Waals surface area contributed by atoms with E-state index in [0.717, 1.165) is 0 Å². The molecule has 0 spiro atoms. The lowest BCUT2D eigenvalue weighted by atomic mass is 9.58. The first-order valence-corrected chi connectivity index (χ1v) is 8.90. The van der Waals surface area contributed by atoms with Crippen LogP contribution in [0.2, 0.25) is 0 Å². The van der Waals surface area contributed by atoms with Crippen molar-refractivity contribution in [1.82, 2.24) is 0 Å². The van der Waals surface area contributed by atoms with Crippen LogP contribution in [-0.4, -0.2) is 54.7 Å². The highest BCUT2D eigenvalue weighted by Crippen LogP contribution is 2.54. The van der Waals surface area contributed by atoms with Crippen LogP contribution in [0.4, 0.5) is 5.69 Å². The number of nitrogens with two attached hydrogens (primary N) is 2. The Labute approximate surface area is 169 Å². The Morgan fingerprint density at radius 2 is 1.83 bits per heavy atom. The van der Waals surface area contributed by atoms with Crippen LogP contribution in [0.1, 0.15) is 22.3 Å². The van der Waals surface area contributed by atoms with Gasteiger partial charge in [0.1, 0.15) is 22.8 Å². The highest BCUT2D eigenvalue weighted by Gasteiger charge is 2.63. The molecule has 3 aliphatic rings. The molecule has 4 rings (SSSR count). The number of anilines is 1. The van der Waals surface area contributed by atoms with Crippen molar-refractivity contribution >= 4 is 28.7 Å². The summed E-state index contributed by atoms with van der Waals surface area (Å²) in [5, 5.41) is 53.4. The highest BCUT2D eigenvalue weighted by molar-refractivity contribution is 6.25. The zero-order valence-corrected chi connectivity index (χ0v) is 15.4. The third-order valence-corrected chi connectivity index (χ3v) is 6.14. The molecule has 156 valence electrons. The number of phenolic OH excluding ortho intramolecular Hbond substituents is 1. The van der Waals surface area contributed by atoms with Gasteiger partial charge < -0.3 is 37.0 Å². The van der Waals surface area contributed by atoms with Gasteiger partial charge in [0.2, 0.25) is 5.78 Å². The van der Waals surface area contributed by atoms with Crippen LogP contribution in [-0.2, 0) is 9.59 Å². The molecular formula is C20H18N2O8. The number of primary amides is 1. The number of carbonyl (C=O) groups excluding carboxylic acids is 3. The molecule has 0 fully saturated rings. The van der Waals surface area contributed by atoms with Crippen LogP contribution in [0.5, 0.6) is 5.75 Å². The van der Waals surface area contributed by atoms with Crippen molar-refractivity contribution < 1.29 is 39.9 Å². The molecule has 4 atom stereocenters. The Hall–Kier alpha value is -3.63. The van der Waals surface area contributed by atoms with Gasteiger partial charge >= 0.3 is 0 Å². The quantitative estimate of drug-likeness (QED) is 0.181. The van der Waals surface area contributed by atoms with Gasteiger partial charge in [0.15, 0.2) is 11.4 Å². The maximum atomic E-state index is 13.2. The summed E-state index contributed by atoms with van der Waals surface area (Å²) in [6.45, 7) is 3.85. The van der Waals surface area contributed by atoms with E-state index in [1.807, 2.05) is 0 Å². The minimum Gasteiger partial charge on any atom is -0.511 e. The molecule has 0 saturated carbocycles. The topological polar surface area (TPSA) is 204 Å². The fourth-order valence-corrected chi connectivity index (χ4v) is 4.64. The first-order chi connectivity index (χ1) is 13.9. The van der Waals surface area contributed by atoms with Gasteiger partial charge in [-0.2, -0.15) is 0 Å². The lowest BCUT2D eigenvalue weighted by molar-refractivity contribution is -0.152. The van der Waals surface area contributed by atoms with E-state index >= 15 is 0 Å². The smallest absolute Gasteiger partial charge is 0.255 e. The van der Waals surface area contributed by atoms with Gasteiger partial charge in [-0.05, 0) is 17.2 Å². The molecule has 10 heteroatoms. The Morgan fingerprint density at radius 3 is 2.43 bits per heavy atom. The number of nitrogen functional groups attached to an aromatic ring is 1. The van der Waals surface area contributed by atoms with Crippen LogP contribution >= 0.6 is 0 Å². The standard InChI is InChI=1S/C20H18N2O8/c1-5-6-2-3-8(21)15(25)11(6)16(26)13-10(5)14(24)7-4-9(23)12(19(22)29)17(27)20(7,30)18(13)28/h2-3,7,10,14,23-25,28,30H,1,4,21H2,(H2,22,29)/t7-,10-,14-,20-/m1/s1. The summed E-state index contributed by atoms with van der Waals surface area (Å²) in [7, 11) is 0. The van der Waals surface area contributed by atoms with E-state index < -0.39 is 75.8 Å². The molecule has 0 heterocycles. The van der Waals surface area contributed by atoms with Crippen molar-refractivity contribution in [2.45, 2.75) is 18.1 Å². The van der Waals surface area contributed by atoms with Crippen molar-refractivity contribution in [2.24, 2.45) is 17.6 Å². The van der Waals surface area contributed by atoms with Crippen molar-refractivity contribution in [1.29, 1.82) is 0 Å². The SMILES string of the molecule is C=C1c2ccc(N)c(O)c2C(=O)C2=C(O)[C@]3(O)C(=O)C(C(N)=O)=C(O)C[C@@H]3[C@@H](O)[C@H]12. The zero-order valence-electron chi connectivity index (χ0n) is 15.4. The fourth-order valence-electron chi connectivity index (χ4n) is 4.64. The zero-order chi connectivity index (χ0) is 22.3. The van der Waals surface area contributed by atoms with Gasteiger partial charge in [-0.1, -0.05) is 12.6 Å². The summed E-state index contributed by atoms with van der Waals surface area (Å²) in [4.78, 5) is 37.6. The first kappa shape index (κ1) is 19.7. The van der Waals surface area contributed by atoms with Gasteiger partial charge in [0.25, 0.3) is 5.91 Å². The predicted molar refractivity (Wildman–Crippen MR) is 102 cm³/mol. The van der Waals surface area contributed by atoms with E-state index in [9.17, 15) is 39.9 Å². The number of benzene rings is 1. The number of amides is 1. The highest BCUT2D eigenvalue weighted by atomic mass is 16.4. The summed E-state index contributed by atoms with van der Waals surface area (Å²) in [5.74, 6) is -8.89. The van der Waals surface area contributed by atoms with Gasteiger partial charge in [-0.3, -0.25) is 14.4 Å². The molecular weight excluding hydrogens is 396 g/mol. The third kappa shape index (κ3) is 2.11. The van der Waals surface area contributed by atoms with E-state index in [-0.39, 0.29) is 22.4 Å². The largest absolute Gasteiger partial charge is 0.511 e. The number of carbonyl (C=O) groups is 3. The lowest BCUT2D eigenvalue weighted by Gasteiger charge is -2.48. The van der Waals surface area contributed by atoms with Crippen LogP contribution in [0, 0.1) is 11.8 Å². The molecule has 0 unspecified atom stereocenters. The van der Waals surface area contributed by atoms with Gasteiger partial charge in [-0.25, -0.2) is 0 Å². The van der Waals surface area contributed by atoms with Gasteiger partial charge in [0.05, 0.1) is 22.9 Å². The molecule has 1 aromatic rings. The third-order valence-electron chi connectivity index (χ3n) is 6.14. The minimum atomic E-state index is -2.88. The van der Waals surface area contributed by atoms with Crippen LogP contribution in [0.3, 0.4) is 0 Å². The molecule has 1 aromatic carbocycles. The van der Waals surface area contributed by atoms with Crippen LogP contribution in [0.25, 0.3) is 5.57 Å². The predicted octanol–water partition coefficient (Wildman–Crippen LogP) is -0.396. The van der Waals surface area contributed by atoms with Crippen molar-refractivity contribution in [2.75, 3.05) is 5.73 Å². The van der Waals surface area contributed by atoms with Gasteiger partial charge in [-0.15, -0.1) is 0 Å². The summed E-state index contributed by atoms with van der Waals surface area (Å²) in [6, 6.07) is 2.76. The first-order valence-electron chi connectivity index (χ1n) is 8.90. The molecule has 9 N–H and O–H groups in total. The number of hydrogen-bond acceptors (Lipinski definition) is 9. The lowest BCUT2D eigenvalue weighted by Crippen LogP contribution is -2.62. The molecule has 30 heavy (non-hydrogen) atoms. The van der Waals surface area contributed by atoms with E-state index in [2.05, 4.69) is 6.58 Å². The Kier molecular flexibility index (Phi) is 3.90. The Morgan fingerprint density at radius 1 is 1.20 bits per heavy atom. The van der Waals surface area contributed by atoms with E-state index in [1.54, 1.807) is 0 Å². The maximum Gasteiger partial charge on any atom is 0.255 e. The molecule has 0 aromatic heterocycles. The second-order valence-electron chi connectivity index (χ2n) is 7.60. The number of ketones is 2. The maximum absolute atomic E-state index is 13.2. The second kappa shape index (κ2) is 5.94. The summed E-state index contributed by atoms with van der Waals surface area (Å²) >= 11 is 0. The molecule has 10 nitrogen and oxygen atoms in total. The second-order valence-corrected chi connectivity index (χ2v) is 7.60. The number of aliphatic hydroxyl groups excluding tert-OH is 3. The summed E-state index contributed by atoms with van der Waals surface area (Å²) in [5.41, 5.74) is 6.28. The average molecular weight is 414 g/mol. The number of hydrogen-bond donors (Lipinski definition) is 7. The monoisotopic (exact) mass is 414 g/mol. The number of aromatic hydroxyl groups is 1. The normalized spacial score (nSPS) is 30.7. The van der Waals surface area contributed by atoms with E-state index in [1.165, 1.54) is 12.1 Å². The minimum absolute atomic E-state index is 0.126. The molecule has 1 amide bonds.